The molecule has 1 heterocycles. The fourth-order valence-corrected chi connectivity index (χ4v) is 4.01. The van der Waals surface area contributed by atoms with Crippen molar-refractivity contribution in [3.05, 3.63) is 76.9 Å². The lowest BCUT2D eigenvalue weighted by molar-refractivity contribution is 0.0601. The average molecular weight is 319 g/mol. The monoisotopic (exact) mass is 319 g/mol. The zero-order chi connectivity index (χ0) is 16.7. The Morgan fingerprint density at radius 2 is 1.96 bits per heavy atom. The largest absolute Gasteiger partial charge is 0.465 e. The van der Waals surface area contributed by atoms with Gasteiger partial charge >= 0.3 is 5.97 Å². The molecule has 4 rings (SSSR count). The minimum atomic E-state index is -0.289. The molecule has 0 unspecified atom stereocenters. The number of hydrogen-bond acceptors (Lipinski definition) is 3. The lowest BCUT2D eigenvalue weighted by Gasteiger charge is -2.38. The molecule has 3 atom stereocenters. The van der Waals surface area contributed by atoms with Gasteiger partial charge in [0.25, 0.3) is 0 Å². The first-order valence-corrected chi connectivity index (χ1v) is 8.40. The molecule has 0 spiro atoms. The third-order valence-corrected chi connectivity index (χ3v) is 5.24. The molecule has 0 aromatic heterocycles. The summed E-state index contributed by atoms with van der Waals surface area (Å²) in [5.41, 5.74) is 5.25. The summed E-state index contributed by atoms with van der Waals surface area (Å²) in [6.45, 7) is 2.10. The Hall–Kier alpha value is -2.55. The summed E-state index contributed by atoms with van der Waals surface area (Å²) >= 11 is 0. The van der Waals surface area contributed by atoms with E-state index in [1.807, 2.05) is 12.1 Å². The van der Waals surface area contributed by atoms with E-state index in [0.29, 0.717) is 17.4 Å². The van der Waals surface area contributed by atoms with E-state index in [1.165, 1.54) is 23.8 Å². The molecular weight excluding hydrogens is 298 g/mol. The molecule has 2 aromatic carbocycles. The molecule has 0 bridgehead atoms. The summed E-state index contributed by atoms with van der Waals surface area (Å²) < 4.78 is 4.97. The highest BCUT2D eigenvalue weighted by Crippen LogP contribution is 2.50. The Balaban J connectivity index is 1.82. The van der Waals surface area contributed by atoms with Crippen molar-refractivity contribution in [2.24, 2.45) is 5.92 Å². The van der Waals surface area contributed by atoms with Crippen LogP contribution in [0.15, 0.2) is 54.6 Å². The Labute approximate surface area is 142 Å². The Morgan fingerprint density at radius 3 is 2.71 bits per heavy atom. The quantitative estimate of drug-likeness (QED) is 0.649. The molecule has 1 aliphatic heterocycles. The van der Waals surface area contributed by atoms with E-state index in [1.54, 1.807) is 0 Å². The van der Waals surface area contributed by atoms with E-state index in [2.05, 4.69) is 54.7 Å². The van der Waals surface area contributed by atoms with Gasteiger partial charge in [0.2, 0.25) is 0 Å². The van der Waals surface area contributed by atoms with E-state index < -0.39 is 0 Å². The SMILES string of the molecule is COC(=O)c1cccc2c1N[C@@H](c1ccc(C)cc1)[C@H]1CC=C[C@@H]21. The molecule has 122 valence electrons. The van der Waals surface area contributed by atoms with E-state index in [9.17, 15) is 4.79 Å². The maximum atomic E-state index is 12.2. The number of anilines is 1. The summed E-state index contributed by atoms with van der Waals surface area (Å²) in [6.07, 6.45) is 5.60. The van der Waals surface area contributed by atoms with Crippen molar-refractivity contribution in [2.45, 2.75) is 25.3 Å². The number of para-hydroxylation sites is 1. The van der Waals surface area contributed by atoms with Gasteiger partial charge in [-0.3, -0.25) is 0 Å². The molecule has 2 aliphatic rings. The Morgan fingerprint density at radius 1 is 1.17 bits per heavy atom. The van der Waals surface area contributed by atoms with Gasteiger partial charge in [-0.05, 0) is 36.5 Å². The number of allylic oxidation sites excluding steroid dienone is 2. The van der Waals surface area contributed by atoms with Crippen LogP contribution in [-0.2, 0) is 4.74 Å². The van der Waals surface area contributed by atoms with Gasteiger partial charge in [0, 0.05) is 5.92 Å². The molecule has 0 saturated carbocycles. The van der Waals surface area contributed by atoms with Crippen LogP contribution in [0.2, 0.25) is 0 Å². The van der Waals surface area contributed by atoms with Crippen LogP contribution in [0.4, 0.5) is 5.69 Å². The first-order chi connectivity index (χ1) is 11.7. The first kappa shape index (κ1) is 15.0. The number of esters is 1. The van der Waals surface area contributed by atoms with Gasteiger partial charge < -0.3 is 10.1 Å². The third-order valence-electron chi connectivity index (χ3n) is 5.24. The van der Waals surface area contributed by atoms with E-state index in [4.69, 9.17) is 4.74 Å². The van der Waals surface area contributed by atoms with Crippen LogP contribution in [-0.4, -0.2) is 13.1 Å². The molecule has 3 nitrogen and oxygen atoms in total. The molecule has 1 aliphatic carbocycles. The smallest absolute Gasteiger partial charge is 0.339 e. The number of fused-ring (bicyclic) bond motifs is 3. The van der Waals surface area contributed by atoms with Crippen LogP contribution >= 0.6 is 0 Å². The minimum Gasteiger partial charge on any atom is -0.465 e. The summed E-state index contributed by atoms with van der Waals surface area (Å²) in [4.78, 5) is 12.2. The van der Waals surface area contributed by atoms with Gasteiger partial charge in [-0.1, -0.05) is 54.1 Å². The number of methoxy groups -OCH3 is 1. The van der Waals surface area contributed by atoms with Crippen LogP contribution in [0, 0.1) is 12.8 Å². The van der Waals surface area contributed by atoms with Crippen molar-refractivity contribution < 1.29 is 9.53 Å². The fourth-order valence-electron chi connectivity index (χ4n) is 4.01. The molecule has 1 N–H and O–H groups in total. The maximum Gasteiger partial charge on any atom is 0.339 e. The maximum absolute atomic E-state index is 12.2. The summed E-state index contributed by atoms with van der Waals surface area (Å²) in [7, 11) is 1.43. The van der Waals surface area contributed by atoms with Crippen LogP contribution in [0.5, 0.6) is 0 Å². The molecular formula is C21H21NO2. The normalized spacial score (nSPS) is 24.0. The van der Waals surface area contributed by atoms with Crippen molar-refractivity contribution in [1.29, 1.82) is 0 Å². The van der Waals surface area contributed by atoms with Crippen LogP contribution in [0.25, 0.3) is 0 Å². The molecule has 24 heavy (non-hydrogen) atoms. The fraction of sp³-hybridized carbons (Fsp3) is 0.286. The van der Waals surface area contributed by atoms with Crippen LogP contribution in [0.1, 0.15) is 45.4 Å². The van der Waals surface area contributed by atoms with E-state index >= 15 is 0 Å². The van der Waals surface area contributed by atoms with Crippen molar-refractivity contribution in [1.82, 2.24) is 0 Å². The highest BCUT2D eigenvalue weighted by atomic mass is 16.5. The zero-order valence-electron chi connectivity index (χ0n) is 14.0. The van der Waals surface area contributed by atoms with Crippen molar-refractivity contribution >= 4 is 11.7 Å². The van der Waals surface area contributed by atoms with Crippen LogP contribution < -0.4 is 5.32 Å². The number of carbonyl (C=O) groups excluding carboxylic acids is 1. The predicted molar refractivity (Wildman–Crippen MR) is 95.3 cm³/mol. The van der Waals surface area contributed by atoms with Gasteiger partial charge in [-0.25, -0.2) is 4.79 Å². The molecule has 2 aromatic rings. The number of hydrogen-bond donors (Lipinski definition) is 1. The van der Waals surface area contributed by atoms with E-state index in [0.717, 1.165) is 12.1 Å². The molecule has 0 amide bonds. The number of carbonyl (C=O) groups is 1. The van der Waals surface area contributed by atoms with Gasteiger partial charge in [-0.15, -0.1) is 0 Å². The first-order valence-electron chi connectivity index (χ1n) is 8.40. The highest BCUT2D eigenvalue weighted by Gasteiger charge is 2.39. The Bertz CT molecular complexity index is 807. The summed E-state index contributed by atoms with van der Waals surface area (Å²) in [6, 6.07) is 14.8. The lowest BCUT2D eigenvalue weighted by atomic mass is 9.76. The van der Waals surface area contributed by atoms with Gasteiger partial charge in [0.15, 0.2) is 0 Å². The van der Waals surface area contributed by atoms with Gasteiger partial charge in [0.05, 0.1) is 24.4 Å². The highest BCUT2D eigenvalue weighted by molar-refractivity contribution is 5.97. The van der Waals surface area contributed by atoms with Crippen LogP contribution in [0.3, 0.4) is 0 Å². The second kappa shape index (κ2) is 5.82. The number of nitrogens with one attached hydrogen (secondary N) is 1. The molecule has 0 saturated heterocycles. The second-order valence-electron chi connectivity index (χ2n) is 6.65. The number of ether oxygens (including phenoxy) is 1. The van der Waals surface area contributed by atoms with E-state index in [-0.39, 0.29) is 12.0 Å². The molecule has 0 fully saturated rings. The zero-order valence-corrected chi connectivity index (χ0v) is 14.0. The van der Waals surface area contributed by atoms with Crippen molar-refractivity contribution in [3.63, 3.8) is 0 Å². The topological polar surface area (TPSA) is 38.3 Å². The standard InChI is InChI=1S/C21H21NO2/c1-13-9-11-14(12-10-13)19-16-6-3-5-15(16)17-7-4-8-18(20(17)22-19)21(23)24-2/h3-5,7-12,15-16,19,22H,6H2,1-2H3/t15-,16+,19+/m1/s1. The molecule has 3 heteroatoms. The molecule has 0 radical (unpaired) electrons. The lowest BCUT2D eigenvalue weighted by Crippen LogP contribution is -2.30. The van der Waals surface area contributed by atoms with Gasteiger partial charge in [0.1, 0.15) is 0 Å². The summed E-state index contributed by atoms with van der Waals surface area (Å²) in [5.74, 6) is 0.535. The summed E-state index contributed by atoms with van der Waals surface area (Å²) in [5, 5.41) is 3.65. The average Bonchev–Trinajstić information content (AvgIpc) is 3.10. The number of benzene rings is 2. The minimum absolute atomic E-state index is 0.198. The van der Waals surface area contributed by atoms with Gasteiger partial charge in [-0.2, -0.15) is 0 Å². The van der Waals surface area contributed by atoms with Crippen molar-refractivity contribution in [3.8, 4) is 0 Å². The Kier molecular flexibility index (Phi) is 3.64. The van der Waals surface area contributed by atoms with Crippen molar-refractivity contribution in [2.75, 3.05) is 12.4 Å². The number of rotatable bonds is 2. The third kappa shape index (κ3) is 2.32. The second-order valence-corrected chi connectivity index (χ2v) is 6.65. The predicted octanol–water partition coefficient (Wildman–Crippen LogP) is 4.61. The number of aryl methyl sites for hydroxylation is 1.